The molecule has 0 atom stereocenters. The lowest BCUT2D eigenvalue weighted by atomic mass is 9.72. The van der Waals surface area contributed by atoms with Gasteiger partial charge in [0.1, 0.15) is 12.4 Å². The fourth-order valence-corrected chi connectivity index (χ4v) is 4.30. The molecule has 0 fully saturated rings. The van der Waals surface area contributed by atoms with Crippen molar-refractivity contribution < 1.29 is 14.6 Å². The Kier molecular flexibility index (Phi) is 7.15. The molecule has 154 valence electrons. The van der Waals surface area contributed by atoms with Gasteiger partial charge in [-0.25, -0.2) is 0 Å². The van der Waals surface area contributed by atoms with Gasteiger partial charge in [0, 0.05) is 6.54 Å². The van der Waals surface area contributed by atoms with Crippen molar-refractivity contribution >= 4 is 17.7 Å². The number of ether oxygens (including phenoxy) is 1. The Balaban J connectivity index is 2.03. The van der Waals surface area contributed by atoms with Crippen LogP contribution in [0, 0.1) is 5.41 Å². The summed E-state index contributed by atoms with van der Waals surface area (Å²) in [4.78, 5) is 10.8. The predicted molar refractivity (Wildman–Crippen MR) is 112 cm³/mol. The summed E-state index contributed by atoms with van der Waals surface area (Å²) < 4.78 is 7.78. The van der Waals surface area contributed by atoms with Crippen molar-refractivity contribution in [3.63, 3.8) is 0 Å². The van der Waals surface area contributed by atoms with E-state index < -0.39 is 5.97 Å². The summed E-state index contributed by atoms with van der Waals surface area (Å²) >= 11 is 1.17. The van der Waals surface area contributed by atoms with Crippen LogP contribution in [0.4, 0.5) is 0 Å². The smallest absolute Gasteiger partial charge is 0.313 e. The highest BCUT2D eigenvalue weighted by Gasteiger charge is 2.27. The van der Waals surface area contributed by atoms with Gasteiger partial charge in [0.15, 0.2) is 11.0 Å². The van der Waals surface area contributed by atoms with E-state index in [4.69, 9.17) is 9.84 Å². The Bertz CT molecular complexity index is 792. The molecule has 0 bridgehead atoms. The first kappa shape index (κ1) is 22.3. The molecule has 0 aliphatic carbocycles. The molecule has 2 rings (SSSR count). The summed E-state index contributed by atoms with van der Waals surface area (Å²) in [6.45, 7) is 14.3. The number of benzene rings is 1. The maximum Gasteiger partial charge on any atom is 0.313 e. The number of carboxylic acids is 1. The van der Waals surface area contributed by atoms with Gasteiger partial charge in [0.05, 0.1) is 5.75 Å². The molecule has 0 unspecified atom stereocenters. The first-order valence-corrected chi connectivity index (χ1v) is 10.5. The lowest BCUT2D eigenvalue weighted by Crippen LogP contribution is -2.24. The monoisotopic (exact) mass is 405 g/mol. The van der Waals surface area contributed by atoms with Crippen LogP contribution in [0.25, 0.3) is 0 Å². The summed E-state index contributed by atoms with van der Waals surface area (Å²) in [6, 6.07) is 8.23. The maximum atomic E-state index is 10.8. The topological polar surface area (TPSA) is 77.2 Å². The van der Waals surface area contributed by atoms with E-state index in [1.807, 2.05) is 23.6 Å². The van der Waals surface area contributed by atoms with Gasteiger partial charge in [0.2, 0.25) is 0 Å². The minimum absolute atomic E-state index is 0.0369. The van der Waals surface area contributed by atoms with Crippen molar-refractivity contribution in [1.82, 2.24) is 14.8 Å². The van der Waals surface area contributed by atoms with Crippen LogP contribution in [0.3, 0.4) is 0 Å². The largest absolute Gasteiger partial charge is 0.486 e. The first-order valence-electron chi connectivity index (χ1n) is 9.52. The van der Waals surface area contributed by atoms with E-state index in [1.54, 1.807) is 0 Å². The quantitative estimate of drug-likeness (QED) is 0.606. The number of carboxylic acid groups (broad SMARTS) is 1. The Hall–Kier alpha value is -2.02. The fraction of sp³-hybridized carbons (Fsp3) is 0.571. The molecule has 0 amide bonds. The SMILES string of the molecule is CCn1c(COc2ccc(C(C)(C)CC(C)(C)C)cc2)nnc1SCC(=O)O. The van der Waals surface area contributed by atoms with E-state index in [1.165, 1.54) is 17.3 Å². The van der Waals surface area contributed by atoms with Crippen molar-refractivity contribution in [2.24, 2.45) is 5.41 Å². The standard InChI is InChI=1S/C21H31N3O3S/c1-7-24-17(22-23-19(24)28-13-18(25)26)12-27-16-10-8-15(9-11-16)21(5,6)14-20(2,3)4/h8-11H,7,12-14H2,1-6H3,(H,25,26). The summed E-state index contributed by atoms with van der Waals surface area (Å²) in [5.74, 6) is 0.557. The number of hydrogen-bond donors (Lipinski definition) is 1. The van der Waals surface area contributed by atoms with E-state index in [0.29, 0.717) is 24.1 Å². The third-order valence-electron chi connectivity index (χ3n) is 4.41. The van der Waals surface area contributed by atoms with Gasteiger partial charge in [-0.2, -0.15) is 0 Å². The number of aromatic nitrogens is 3. The van der Waals surface area contributed by atoms with Gasteiger partial charge >= 0.3 is 5.97 Å². The normalized spacial score (nSPS) is 12.2. The van der Waals surface area contributed by atoms with Crippen LogP contribution in [-0.2, 0) is 23.4 Å². The van der Waals surface area contributed by atoms with Gasteiger partial charge in [0.25, 0.3) is 0 Å². The molecule has 1 aromatic heterocycles. The third-order valence-corrected chi connectivity index (χ3v) is 5.36. The summed E-state index contributed by atoms with van der Waals surface area (Å²) in [5.41, 5.74) is 1.65. The van der Waals surface area contributed by atoms with Gasteiger partial charge in [-0.3, -0.25) is 4.79 Å². The fourth-order valence-electron chi connectivity index (χ4n) is 3.55. The van der Waals surface area contributed by atoms with E-state index in [2.05, 4.69) is 56.9 Å². The third kappa shape index (κ3) is 6.26. The molecule has 1 heterocycles. The van der Waals surface area contributed by atoms with Crippen LogP contribution in [0.5, 0.6) is 5.75 Å². The Morgan fingerprint density at radius 1 is 1.14 bits per heavy atom. The summed E-state index contributed by atoms with van der Waals surface area (Å²) in [5, 5.41) is 17.7. The molecule has 0 saturated heterocycles. The van der Waals surface area contributed by atoms with Crippen LogP contribution in [0.1, 0.15) is 59.4 Å². The summed E-state index contributed by atoms with van der Waals surface area (Å²) in [6.07, 6.45) is 1.09. The minimum atomic E-state index is -0.872. The lowest BCUT2D eigenvalue weighted by molar-refractivity contribution is -0.133. The van der Waals surface area contributed by atoms with E-state index in [9.17, 15) is 4.79 Å². The molecule has 1 N–H and O–H groups in total. The Labute approximate surface area is 171 Å². The molecule has 0 radical (unpaired) electrons. The minimum Gasteiger partial charge on any atom is -0.486 e. The van der Waals surface area contributed by atoms with Crippen LogP contribution >= 0.6 is 11.8 Å². The molecule has 0 spiro atoms. The van der Waals surface area contributed by atoms with Crippen LogP contribution < -0.4 is 4.74 Å². The zero-order valence-electron chi connectivity index (χ0n) is 17.7. The number of carbonyl (C=O) groups is 1. The van der Waals surface area contributed by atoms with Crippen molar-refractivity contribution in [3.05, 3.63) is 35.7 Å². The second-order valence-corrected chi connectivity index (χ2v) is 9.70. The molecule has 7 heteroatoms. The number of aliphatic carboxylic acids is 1. The van der Waals surface area contributed by atoms with Crippen molar-refractivity contribution in [3.8, 4) is 5.75 Å². The van der Waals surface area contributed by atoms with Gasteiger partial charge in [-0.1, -0.05) is 58.5 Å². The Morgan fingerprint density at radius 3 is 2.32 bits per heavy atom. The zero-order chi connectivity index (χ0) is 20.9. The average Bonchev–Trinajstić information content (AvgIpc) is 2.98. The predicted octanol–water partition coefficient (Wildman–Crippen LogP) is 4.77. The maximum absolute atomic E-state index is 10.8. The highest BCUT2D eigenvalue weighted by Crippen LogP contribution is 2.36. The van der Waals surface area contributed by atoms with Crippen molar-refractivity contribution in [2.45, 2.75) is 71.7 Å². The van der Waals surface area contributed by atoms with Gasteiger partial charge < -0.3 is 14.4 Å². The highest BCUT2D eigenvalue weighted by atomic mass is 32.2. The van der Waals surface area contributed by atoms with E-state index in [-0.39, 0.29) is 16.6 Å². The average molecular weight is 406 g/mol. The molecule has 0 saturated carbocycles. The number of nitrogens with zero attached hydrogens (tertiary/aromatic N) is 3. The first-order chi connectivity index (χ1) is 13.0. The van der Waals surface area contributed by atoms with Gasteiger partial charge in [-0.05, 0) is 41.9 Å². The molecule has 0 aliphatic rings. The van der Waals surface area contributed by atoms with E-state index in [0.717, 1.165) is 12.2 Å². The molecule has 2 aromatic rings. The molecule has 28 heavy (non-hydrogen) atoms. The van der Waals surface area contributed by atoms with Crippen LogP contribution in [0.2, 0.25) is 0 Å². The molecule has 6 nitrogen and oxygen atoms in total. The number of rotatable bonds is 9. The molecule has 0 aliphatic heterocycles. The van der Waals surface area contributed by atoms with E-state index >= 15 is 0 Å². The second kappa shape index (κ2) is 8.99. The Morgan fingerprint density at radius 2 is 1.79 bits per heavy atom. The molecule has 1 aromatic carbocycles. The van der Waals surface area contributed by atoms with Gasteiger partial charge in [-0.15, -0.1) is 10.2 Å². The zero-order valence-corrected chi connectivity index (χ0v) is 18.5. The molecular weight excluding hydrogens is 374 g/mol. The van der Waals surface area contributed by atoms with Crippen molar-refractivity contribution in [2.75, 3.05) is 5.75 Å². The van der Waals surface area contributed by atoms with Crippen molar-refractivity contribution in [1.29, 1.82) is 0 Å². The van der Waals surface area contributed by atoms with Crippen LogP contribution in [0.15, 0.2) is 29.4 Å². The van der Waals surface area contributed by atoms with Crippen LogP contribution in [-0.4, -0.2) is 31.6 Å². The second-order valence-electron chi connectivity index (χ2n) is 8.76. The summed E-state index contributed by atoms with van der Waals surface area (Å²) in [7, 11) is 0. The number of hydrogen-bond acceptors (Lipinski definition) is 5. The molecular formula is C21H31N3O3S. The lowest BCUT2D eigenvalue weighted by Gasteiger charge is -2.33. The number of thioether (sulfide) groups is 1. The highest BCUT2D eigenvalue weighted by molar-refractivity contribution is 7.99.